The van der Waals surface area contributed by atoms with Crippen LogP contribution in [0.5, 0.6) is 0 Å². The number of rotatable bonds is 3. The molecule has 0 aromatic carbocycles. The maximum Gasteiger partial charge on any atom is 0.104 e. The SMILES string of the molecule is C=CC[SiH2]c1ncc[nH]1. The second-order valence-corrected chi connectivity index (χ2v) is 3.61. The van der Waals surface area contributed by atoms with Crippen molar-refractivity contribution in [3.8, 4) is 0 Å². The van der Waals surface area contributed by atoms with Crippen LogP contribution < -0.4 is 5.45 Å². The smallest absolute Gasteiger partial charge is 0.104 e. The second-order valence-electron chi connectivity index (χ2n) is 1.86. The van der Waals surface area contributed by atoms with E-state index in [1.807, 2.05) is 12.3 Å². The number of hydrogen-bond acceptors (Lipinski definition) is 1. The van der Waals surface area contributed by atoms with Gasteiger partial charge in [0.2, 0.25) is 0 Å². The maximum atomic E-state index is 4.11. The molecule has 1 heterocycles. The summed E-state index contributed by atoms with van der Waals surface area (Å²) < 4.78 is 0. The van der Waals surface area contributed by atoms with Crippen molar-refractivity contribution in [2.45, 2.75) is 6.04 Å². The first-order chi connectivity index (χ1) is 4.43. The van der Waals surface area contributed by atoms with E-state index in [2.05, 4.69) is 16.5 Å². The third-order valence-corrected chi connectivity index (χ3v) is 2.70. The molecule has 0 saturated carbocycles. The summed E-state index contributed by atoms with van der Waals surface area (Å²) in [5.74, 6) is 0. The molecular formula is C6H10N2Si. The van der Waals surface area contributed by atoms with Crippen LogP contribution in [0.2, 0.25) is 6.04 Å². The predicted octanol–water partition coefficient (Wildman–Crippen LogP) is -0.192. The number of aromatic nitrogens is 2. The minimum Gasteiger partial charge on any atom is -0.353 e. The fraction of sp³-hybridized carbons (Fsp3) is 0.167. The number of imidazole rings is 1. The van der Waals surface area contributed by atoms with E-state index >= 15 is 0 Å². The number of aromatic amines is 1. The Kier molecular flexibility index (Phi) is 2.27. The molecule has 0 aliphatic carbocycles. The molecule has 0 atom stereocenters. The van der Waals surface area contributed by atoms with Crippen molar-refractivity contribution >= 4 is 15.0 Å². The van der Waals surface area contributed by atoms with Gasteiger partial charge in [0.15, 0.2) is 0 Å². The Bertz CT molecular complexity index is 169. The van der Waals surface area contributed by atoms with Gasteiger partial charge in [-0.3, -0.25) is 0 Å². The fourth-order valence-electron chi connectivity index (χ4n) is 0.673. The minimum absolute atomic E-state index is 0.154. The Morgan fingerprint density at radius 3 is 3.33 bits per heavy atom. The van der Waals surface area contributed by atoms with Crippen molar-refractivity contribution in [1.82, 2.24) is 9.97 Å². The number of hydrogen-bond donors (Lipinski definition) is 1. The van der Waals surface area contributed by atoms with Gasteiger partial charge in [-0.25, -0.2) is 4.98 Å². The average molecular weight is 138 g/mol. The number of nitrogens with one attached hydrogen (secondary N) is 1. The molecule has 1 aromatic rings. The molecule has 0 radical (unpaired) electrons. The summed E-state index contributed by atoms with van der Waals surface area (Å²) in [4.78, 5) is 7.19. The van der Waals surface area contributed by atoms with Crippen LogP contribution in [-0.4, -0.2) is 19.5 Å². The normalized spacial score (nSPS) is 10.7. The highest BCUT2D eigenvalue weighted by atomic mass is 28.2. The quantitative estimate of drug-likeness (QED) is 0.455. The summed E-state index contributed by atoms with van der Waals surface area (Å²) in [6, 6.07) is 1.13. The summed E-state index contributed by atoms with van der Waals surface area (Å²) in [5, 5.41) is 0. The van der Waals surface area contributed by atoms with Crippen LogP contribution in [0.25, 0.3) is 0 Å². The van der Waals surface area contributed by atoms with E-state index in [-0.39, 0.29) is 9.52 Å². The summed E-state index contributed by atoms with van der Waals surface area (Å²) in [6.45, 7) is 3.65. The van der Waals surface area contributed by atoms with E-state index in [4.69, 9.17) is 0 Å². The number of H-pyrrole nitrogens is 1. The Balaban J connectivity index is 2.38. The van der Waals surface area contributed by atoms with Crippen molar-refractivity contribution < 1.29 is 0 Å². The molecule has 0 fully saturated rings. The molecule has 0 amide bonds. The molecule has 48 valence electrons. The molecule has 1 rings (SSSR count). The lowest BCUT2D eigenvalue weighted by molar-refractivity contribution is 1.39. The van der Waals surface area contributed by atoms with Crippen LogP contribution >= 0.6 is 0 Å². The first-order valence-electron chi connectivity index (χ1n) is 3.02. The predicted molar refractivity (Wildman–Crippen MR) is 41.8 cm³/mol. The zero-order chi connectivity index (χ0) is 6.53. The largest absolute Gasteiger partial charge is 0.353 e. The molecular weight excluding hydrogens is 128 g/mol. The Labute approximate surface area is 56.8 Å². The van der Waals surface area contributed by atoms with Gasteiger partial charge in [0.25, 0.3) is 0 Å². The van der Waals surface area contributed by atoms with Crippen LogP contribution in [0.15, 0.2) is 25.0 Å². The van der Waals surface area contributed by atoms with Crippen LogP contribution in [-0.2, 0) is 0 Å². The average Bonchev–Trinajstić information content (AvgIpc) is 2.34. The first-order valence-corrected chi connectivity index (χ1v) is 4.73. The highest BCUT2D eigenvalue weighted by Crippen LogP contribution is 1.76. The molecule has 9 heavy (non-hydrogen) atoms. The van der Waals surface area contributed by atoms with Gasteiger partial charge >= 0.3 is 0 Å². The van der Waals surface area contributed by atoms with Crippen molar-refractivity contribution in [2.75, 3.05) is 0 Å². The highest BCUT2D eigenvalue weighted by molar-refractivity contribution is 6.51. The maximum absolute atomic E-state index is 4.11. The van der Waals surface area contributed by atoms with Crippen molar-refractivity contribution in [3.05, 3.63) is 25.0 Å². The zero-order valence-electron chi connectivity index (χ0n) is 5.30. The molecule has 0 bridgehead atoms. The lowest BCUT2D eigenvalue weighted by atomic mass is 10.8. The highest BCUT2D eigenvalue weighted by Gasteiger charge is 1.90. The Hall–Kier alpha value is -0.833. The minimum atomic E-state index is -0.154. The lowest BCUT2D eigenvalue weighted by Crippen LogP contribution is -2.16. The van der Waals surface area contributed by atoms with E-state index in [0.29, 0.717) is 0 Å². The van der Waals surface area contributed by atoms with Crippen LogP contribution in [0.1, 0.15) is 0 Å². The topological polar surface area (TPSA) is 28.7 Å². The van der Waals surface area contributed by atoms with Crippen LogP contribution in [0.4, 0.5) is 0 Å². The zero-order valence-corrected chi connectivity index (χ0v) is 6.71. The molecule has 3 heteroatoms. The monoisotopic (exact) mass is 138 g/mol. The number of allylic oxidation sites excluding steroid dienone is 1. The van der Waals surface area contributed by atoms with Gasteiger partial charge in [-0.05, 0) is 6.04 Å². The molecule has 0 aliphatic heterocycles. The molecule has 0 spiro atoms. The summed E-state index contributed by atoms with van der Waals surface area (Å²) >= 11 is 0. The summed E-state index contributed by atoms with van der Waals surface area (Å²) in [5.41, 5.74) is 1.18. The molecule has 1 N–H and O–H groups in total. The molecule has 1 aromatic heterocycles. The fourth-order valence-corrected chi connectivity index (χ4v) is 1.65. The molecule has 2 nitrogen and oxygen atoms in total. The van der Waals surface area contributed by atoms with Crippen LogP contribution in [0.3, 0.4) is 0 Å². The summed E-state index contributed by atoms with van der Waals surface area (Å²) in [6.07, 6.45) is 5.62. The third-order valence-electron chi connectivity index (χ3n) is 1.14. The standard InChI is InChI=1S/C6H10N2Si/c1-2-5-9-6-7-3-4-8-6/h2-4H,1,5,9H2,(H,7,8). The van der Waals surface area contributed by atoms with Gasteiger partial charge in [-0.1, -0.05) is 6.08 Å². The van der Waals surface area contributed by atoms with Gasteiger partial charge in [0, 0.05) is 12.4 Å². The van der Waals surface area contributed by atoms with E-state index < -0.39 is 0 Å². The van der Waals surface area contributed by atoms with Gasteiger partial charge in [0.05, 0.1) is 5.45 Å². The van der Waals surface area contributed by atoms with Gasteiger partial charge in [0.1, 0.15) is 9.52 Å². The van der Waals surface area contributed by atoms with Gasteiger partial charge in [-0.2, -0.15) is 0 Å². The first kappa shape index (κ1) is 6.29. The van der Waals surface area contributed by atoms with Crippen molar-refractivity contribution in [1.29, 1.82) is 0 Å². The molecule has 0 unspecified atom stereocenters. The van der Waals surface area contributed by atoms with E-state index in [1.54, 1.807) is 6.20 Å². The lowest BCUT2D eigenvalue weighted by Gasteiger charge is -1.86. The Morgan fingerprint density at radius 1 is 1.89 bits per heavy atom. The molecule has 0 saturated heterocycles. The van der Waals surface area contributed by atoms with Crippen molar-refractivity contribution in [2.24, 2.45) is 0 Å². The van der Waals surface area contributed by atoms with Crippen LogP contribution in [0, 0.1) is 0 Å². The van der Waals surface area contributed by atoms with E-state index in [9.17, 15) is 0 Å². The Morgan fingerprint density at radius 2 is 2.78 bits per heavy atom. The van der Waals surface area contributed by atoms with E-state index in [1.165, 1.54) is 5.45 Å². The van der Waals surface area contributed by atoms with E-state index in [0.717, 1.165) is 6.04 Å². The van der Waals surface area contributed by atoms with Gasteiger partial charge < -0.3 is 4.98 Å². The molecule has 0 aliphatic rings. The number of nitrogens with zero attached hydrogens (tertiary/aromatic N) is 1. The van der Waals surface area contributed by atoms with Gasteiger partial charge in [-0.15, -0.1) is 6.58 Å². The summed E-state index contributed by atoms with van der Waals surface area (Å²) in [7, 11) is -0.154. The van der Waals surface area contributed by atoms with Crippen molar-refractivity contribution in [3.63, 3.8) is 0 Å². The second kappa shape index (κ2) is 3.24. The third kappa shape index (κ3) is 1.85.